The first kappa shape index (κ1) is 17.0. The van der Waals surface area contributed by atoms with Gasteiger partial charge in [0.05, 0.1) is 0 Å². The first-order valence-electron chi connectivity index (χ1n) is 8.04. The molecule has 0 aliphatic rings. The van der Waals surface area contributed by atoms with Gasteiger partial charge < -0.3 is 10.4 Å². The largest absolute Gasteiger partial charge is 0.493 e. The van der Waals surface area contributed by atoms with Gasteiger partial charge in [-0.15, -0.1) is 0 Å². The highest BCUT2D eigenvalue weighted by Crippen LogP contribution is 2.12. The summed E-state index contributed by atoms with van der Waals surface area (Å²) in [5, 5.41) is 12.6. The number of aromatic hydroxyl groups is 1. The topological polar surface area (TPSA) is 83.7 Å². The van der Waals surface area contributed by atoms with Crippen LogP contribution in [-0.4, -0.2) is 26.9 Å². The third-order valence-electron chi connectivity index (χ3n) is 3.76. The molecular formula is C17H23N3O3. The molecule has 23 heavy (non-hydrogen) atoms. The van der Waals surface area contributed by atoms with Crippen LogP contribution in [-0.2, 0) is 0 Å². The van der Waals surface area contributed by atoms with Gasteiger partial charge in [0.1, 0.15) is 5.65 Å². The minimum atomic E-state index is -0.578. The Balaban J connectivity index is 2.11. The van der Waals surface area contributed by atoms with Crippen molar-refractivity contribution in [3.63, 3.8) is 0 Å². The number of amides is 1. The van der Waals surface area contributed by atoms with Gasteiger partial charge in [0.2, 0.25) is 5.88 Å². The van der Waals surface area contributed by atoms with Gasteiger partial charge in [-0.1, -0.05) is 32.6 Å². The average molecular weight is 317 g/mol. The number of hydrogen-bond acceptors (Lipinski definition) is 4. The summed E-state index contributed by atoms with van der Waals surface area (Å²) in [6.07, 6.45) is 6.93. The van der Waals surface area contributed by atoms with Crippen molar-refractivity contribution in [2.75, 3.05) is 6.54 Å². The van der Waals surface area contributed by atoms with E-state index in [2.05, 4.69) is 17.2 Å². The second-order valence-electron chi connectivity index (χ2n) is 5.72. The maximum atomic E-state index is 12.4. The summed E-state index contributed by atoms with van der Waals surface area (Å²) in [5.74, 6) is -1.10. The summed E-state index contributed by atoms with van der Waals surface area (Å²) in [6.45, 7) is 4.49. The third-order valence-corrected chi connectivity index (χ3v) is 3.76. The van der Waals surface area contributed by atoms with Crippen molar-refractivity contribution < 1.29 is 9.90 Å². The Kier molecular flexibility index (Phi) is 5.73. The fourth-order valence-corrected chi connectivity index (χ4v) is 2.45. The fraction of sp³-hybridized carbons (Fsp3) is 0.471. The van der Waals surface area contributed by atoms with Gasteiger partial charge in [-0.25, -0.2) is 0 Å². The van der Waals surface area contributed by atoms with Gasteiger partial charge in [0.25, 0.3) is 11.5 Å². The van der Waals surface area contributed by atoms with Crippen LogP contribution in [0, 0.1) is 6.92 Å². The molecule has 0 fully saturated rings. The number of rotatable bonds is 7. The molecule has 2 rings (SSSR count). The summed E-state index contributed by atoms with van der Waals surface area (Å²) in [5.41, 5.74) is 0.375. The summed E-state index contributed by atoms with van der Waals surface area (Å²) in [4.78, 5) is 28.5. The van der Waals surface area contributed by atoms with Gasteiger partial charge in [-0.2, -0.15) is 4.98 Å². The van der Waals surface area contributed by atoms with E-state index < -0.39 is 17.3 Å². The Hall–Kier alpha value is -2.37. The van der Waals surface area contributed by atoms with E-state index in [0.29, 0.717) is 12.2 Å². The van der Waals surface area contributed by atoms with E-state index in [1.165, 1.54) is 17.2 Å². The van der Waals surface area contributed by atoms with Crippen LogP contribution >= 0.6 is 0 Å². The summed E-state index contributed by atoms with van der Waals surface area (Å²) in [6, 6.07) is 3.43. The molecule has 0 unspecified atom stereocenters. The SMILES string of the molecule is CCCCCCCNC(=O)c1c(O)nc2cc(C)ccn2c1=O. The summed E-state index contributed by atoms with van der Waals surface area (Å²) in [7, 11) is 0. The smallest absolute Gasteiger partial charge is 0.274 e. The highest BCUT2D eigenvalue weighted by atomic mass is 16.3. The molecule has 0 aliphatic heterocycles. The van der Waals surface area contributed by atoms with Crippen LogP contribution in [0.4, 0.5) is 0 Å². The van der Waals surface area contributed by atoms with Gasteiger partial charge in [0, 0.05) is 12.7 Å². The molecule has 6 heteroatoms. The fourth-order valence-electron chi connectivity index (χ4n) is 2.45. The second-order valence-corrected chi connectivity index (χ2v) is 5.72. The molecule has 2 aromatic heterocycles. The van der Waals surface area contributed by atoms with E-state index in [1.54, 1.807) is 18.3 Å². The lowest BCUT2D eigenvalue weighted by molar-refractivity contribution is 0.0947. The van der Waals surface area contributed by atoms with E-state index in [0.717, 1.165) is 24.8 Å². The average Bonchev–Trinajstić information content (AvgIpc) is 2.50. The number of nitrogens with one attached hydrogen (secondary N) is 1. The molecule has 2 heterocycles. The number of fused-ring (bicyclic) bond motifs is 1. The zero-order valence-electron chi connectivity index (χ0n) is 13.6. The number of aryl methyl sites for hydroxylation is 1. The van der Waals surface area contributed by atoms with Crippen molar-refractivity contribution in [2.24, 2.45) is 0 Å². The van der Waals surface area contributed by atoms with Crippen molar-refractivity contribution in [3.8, 4) is 5.88 Å². The molecule has 0 saturated carbocycles. The zero-order chi connectivity index (χ0) is 16.8. The highest BCUT2D eigenvalue weighted by molar-refractivity contribution is 5.96. The molecular weight excluding hydrogens is 294 g/mol. The lowest BCUT2D eigenvalue weighted by atomic mass is 10.1. The number of hydrogen-bond donors (Lipinski definition) is 2. The quantitative estimate of drug-likeness (QED) is 0.768. The molecule has 2 aromatic rings. The molecule has 0 spiro atoms. The van der Waals surface area contributed by atoms with E-state index in [9.17, 15) is 14.7 Å². The number of aromatic nitrogens is 2. The van der Waals surface area contributed by atoms with Gasteiger partial charge in [0.15, 0.2) is 5.56 Å². The standard InChI is InChI=1S/C17H23N3O3/c1-3-4-5-6-7-9-18-15(21)14-16(22)19-13-11-12(2)8-10-20(13)17(14)23/h8,10-11,22H,3-7,9H2,1-2H3,(H,18,21). The van der Waals surface area contributed by atoms with Crippen molar-refractivity contribution in [1.29, 1.82) is 0 Å². The van der Waals surface area contributed by atoms with Crippen LogP contribution in [0.25, 0.3) is 5.65 Å². The second kappa shape index (κ2) is 7.76. The predicted molar refractivity (Wildman–Crippen MR) is 89.0 cm³/mol. The van der Waals surface area contributed by atoms with E-state index in [4.69, 9.17) is 0 Å². The minimum Gasteiger partial charge on any atom is -0.493 e. The maximum Gasteiger partial charge on any atom is 0.274 e. The van der Waals surface area contributed by atoms with E-state index in [-0.39, 0.29) is 5.56 Å². The monoisotopic (exact) mass is 317 g/mol. The summed E-state index contributed by atoms with van der Waals surface area (Å²) < 4.78 is 1.27. The normalized spacial score (nSPS) is 10.9. The van der Waals surface area contributed by atoms with E-state index in [1.807, 2.05) is 6.92 Å². The molecule has 0 saturated heterocycles. The molecule has 1 amide bonds. The number of pyridine rings is 1. The van der Waals surface area contributed by atoms with Crippen molar-refractivity contribution >= 4 is 11.6 Å². The van der Waals surface area contributed by atoms with Crippen molar-refractivity contribution in [3.05, 3.63) is 39.8 Å². The van der Waals surface area contributed by atoms with Crippen LogP contribution in [0.15, 0.2) is 23.1 Å². The molecule has 0 aromatic carbocycles. The Bertz CT molecular complexity index is 753. The Morgan fingerprint density at radius 1 is 1.30 bits per heavy atom. The number of nitrogens with zero attached hydrogens (tertiary/aromatic N) is 2. The van der Waals surface area contributed by atoms with Crippen molar-refractivity contribution in [2.45, 2.75) is 46.0 Å². The van der Waals surface area contributed by atoms with Crippen LogP contribution in [0.2, 0.25) is 0 Å². The Morgan fingerprint density at radius 2 is 2.04 bits per heavy atom. The van der Waals surface area contributed by atoms with Crippen LogP contribution < -0.4 is 10.9 Å². The minimum absolute atomic E-state index is 0.306. The van der Waals surface area contributed by atoms with Gasteiger partial charge in [-0.3, -0.25) is 14.0 Å². The first-order valence-corrected chi connectivity index (χ1v) is 8.04. The number of carbonyl (C=O) groups excluding carboxylic acids is 1. The van der Waals surface area contributed by atoms with Crippen LogP contribution in [0.3, 0.4) is 0 Å². The molecule has 0 bridgehead atoms. The van der Waals surface area contributed by atoms with Crippen LogP contribution in [0.1, 0.15) is 54.9 Å². The van der Waals surface area contributed by atoms with Gasteiger partial charge in [-0.05, 0) is 31.0 Å². The van der Waals surface area contributed by atoms with Crippen molar-refractivity contribution in [1.82, 2.24) is 14.7 Å². The summed E-state index contributed by atoms with van der Waals surface area (Å²) >= 11 is 0. The number of carbonyl (C=O) groups is 1. The molecule has 6 nitrogen and oxygen atoms in total. The molecule has 0 atom stereocenters. The molecule has 124 valence electrons. The molecule has 0 aliphatic carbocycles. The maximum absolute atomic E-state index is 12.4. The van der Waals surface area contributed by atoms with Crippen LogP contribution in [0.5, 0.6) is 5.88 Å². The highest BCUT2D eigenvalue weighted by Gasteiger charge is 2.19. The Morgan fingerprint density at radius 3 is 2.78 bits per heavy atom. The zero-order valence-corrected chi connectivity index (χ0v) is 13.6. The molecule has 0 radical (unpaired) electrons. The lowest BCUT2D eigenvalue weighted by Crippen LogP contribution is -2.32. The lowest BCUT2D eigenvalue weighted by Gasteiger charge is -2.08. The predicted octanol–water partition coefficient (Wildman–Crippen LogP) is 2.41. The number of unbranched alkanes of at least 4 members (excludes halogenated alkanes) is 4. The first-order chi connectivity index (χ1) is 11.0. The Labute approximate surface area is 135 Å². The molecule has 2 N–H and O–H groups in total. The third kappa shape index (κ3) is 4.09. The van der Waals surface area contributed by atoms with E-state index >= 15 is 0 Å². The van der Waals surface area contributed by atoms with Gasteiger partial charge >= 0.3 is 0 Å².